The molecule has 2 aromatic heterocycles. The van der Waals surface area contributed by atoms with E-state index in [1.165, 1.54) is 5.01 Å². The van der Waals surface area contributed by atoms with E-state index in [0.29, 0.717) is 46.1 Å². The molecule has 0 radical (unpaired) electrons. The topological polar surface area (TPSA) is 155 Å². The third kappa shape index (κ3) is 5.26. The fourth-order valence-electron chi connectivity index (χ4n) is 3.20. The van der Waals surface area contributed by atoms with Crippen LogP contribution in [0.25, 0.3) is 17.1 Å². The normalized spacial score (nSPS) is 11.0. The van der Waals surface area contributed by atoms with Gasteiger partial charge in [-0.3, -0.25) is 19.7 Å². The maximum atomic E-state index is 12.8. The number of hydrogen-bond acceptors (Lipinski definition) is 7. The molecular formula is C24H22N8O2. The van der Waals surface area contributed by atoms with Gasteiger partial charge in [0.1, 0.15) is 5.69 Å². The fourth-order valence-corrected chi connectivity index (χ4v) is 3.20. The number of nitrogens with two attached hydrogens (primary N) is 2. The van der Waals surface area contributed by atoms with Gasteiger partial charge in [-0.15, -0.1) is 0 Å². The minimum atomic E-state index is -0.364. The molecule has 0 atom stereocenters. The summed E-state index contributed by atoms with van der Waals surface area (Å²) in [6.45, 7) is 0. The number of H-pyrrole nitrogens is 1. The van der Waals surface area contributed by atoms with Crippen LogP contribution in [0.4, 0.5) is 17.1 Å². The molecule has 0 spiro atoms. The standard InChI is InChI=1S/C24H22N8O2/c25-20(16-4-1-5-17(12-16)27-15-33)14-32(26)19-7-2-6-18(13-19)29-24(34)23-9-3-8-21(30-23)22-10-11-28-31-22/h1-15H,25-26H2,(H,27,33)(H,28,31)(H,29,34)/b20-14-. The van der Waals surface area contributed by atoms with Crippen molar-refractivity contribution in [2.24, 2.45) is 11.6 Å². The van der Waals surface area contributed by atoms with Crippen LogP contribution in [0.2, 0.25) is 0 Å². The predicted molar refractivity (Wildman–Crippen MR) is 131 cm³/mol. The summed E-state index contributed by atoms with van der Waals surface area (Å²) >= 11 is 0. The van der Waals surface area contributed by atoms with E-state index in [4.69, 9.17) is 11.6 Å². The predicted octanol–water partition coefficient (Wildman–Crippen LogP) is 2.93. The van der Waals surface area contributed by atoms with Crippen LogP contribution in [-0.4, -0.2) is 27.5 Å². The number of benzene rings is 2. The van der Waals surface area contributed by atoms with Gasteiger partial charge in [-0.1, -0.05) is 24.3 Å². The molecular weight excluding hydrogens is 432 g/mol. The second-order valence-electron chi connectivity index (χ2n) is 7.22. The molecule has 170 valence electrons. The van der Waals surface area contributed by atoms with Crippen LogP contribution in [0.5, 0.6) is 0 Å². The number of pyridine rings is 1. The number of aromatic nitrogens is 3. The van der Waals surface area contributed by atoms with Crippen LogP contribution in [0, 0.1) is 0 Å². The summed E-state index contributed by atoms with van der Waals surface area (Å²) in [5, 5.41) is 13.5. The molecule has 4 aromatic rings. The summed E-state index contributed by atoms with van der Waals surface area (Å²) < 4.78 is 0. The minimum absolute atomic E-state index is 0.259. The smallest absolute Gasteiger partial charge is 0.274 e. The van der Waals surface area contributed by atoms with Crippen LogP contribution >= 0.6 is 0 Å². The third-order valence-electron chi connectivity index (χ3n) is 4.86. The Morgan fingerprint density at radius 2 is 1.79 bits per heavy atom. The highest BCUT2D eigenvalue weighted by atomic mass is 16.2. The van der Waals surface area contributed by atoms with Gasteiger partial charge in [0, 0.05) is 29.3 Å². The minimum Gasteiger partial charge on any atom is -0.397 e. The first-order valence-corrected chi connectivity index (χ1v) is 10.2. The number of rotatable bonds is 8. The highest BCUT2D eigenvalue weighted by molar-refractivity contribution is 6.03. The Hall–Kier alpha value is -4.96. The molecule has 10 heteroatoms. The van der Waals surface area contributed by atoms with Crippen LogP contribution in [0.1, 0.15) is 16.1 Å². The molecule has 7 N–H and O–H groups in total. The van der Waals surface area contributed by atoms with Crippen molar-refractivity contribution < 1.29 is 9.59 Å². The van der Waals surface area contributed by atoms with E-state index in [0.717, 1.165) is 0 Å². The van der Waals surface area contributed by atoms with Gasteiger partial charge in [0.15, 0.2) is 0 Å². The Balaban J connectivity index is 1.49. The van der Waals surface area contributed by atoms with E-state index in [2.05, 4.69) is 25.8 Å². The van der Waals surface area contributed by atoms with Gasteiger partial charge in [-0.2, -0.15) is 5.10 Å². The van der Waals surface area contributed by atoms with E-state index >= 15 is 0 Å². The number of nitrogens with zero attached hydrogens (tertiary/aromatic N) is 3. The lowest BCUT2D eigenvalue weighted by atomic mass is 10.1. The molecule has 0 saturated carbocycles. The summed E-state index contributed by atoms with van der Waals surface area (Å²) in [7, 11) is 0. The quantitative estimate of drug-likeness (QED) is 0.156. The molecule has 2 amide bonds. The largest absolute Gasteiger partial charge is 0.397 e. The van der Waals surface area contributed by atoms with Gasteiger partial charge < -0.3 is 16.4 Å². The van der Waals surface area contributed by atoms with Crippen molar-refractivity contribution in [3.05, 3.63) is 96.5 Å². The Bertz CT molecular complexity index is 1330. The van der Waals surface area contributed by atoms with Crippen molar-refractivity contribution >= 4 is 35.1 Å². The molecule has 4 rings (SSSR count). The fraction of sp³-hybridized carbons (Fsp3) is 0. The molecule has 2 heterocycles. The second-order valence-corrected chi connectivity index (χ2v) is 7.22. The van der Waals surface area contributed by atoms with Crippen molar-refractivity contribution in [2.45, 2.75) is 0 Å². The van der Waals surface area contributed by atoms with Crippen LogP contribution in [0.3, 0.4) is 0 Å². The monoisotopic (exact) mass is 454 g/mol. The number of hydrazine groups is 1. The Labute approximate surface area is 195 Å². The van der Waals surface area contributed by atoms with Crippen molar-refractivity contribution in [3.8, 4) is 11.4 Å². The molecule has 0 aliphatic heterocycles. The first-order chi connectivity index (χ1) is 16.5. The summed E-state index contributed by atoms with van der Waals surface area (Å²) in [6.07, 6.45) is 3.77. The number of aromatic amines is 1. The highest BCUT2D eigenvalue weighted by Gasteiger charge is 2.11. The summed E-state index contributed by atoms with van der Waals surface area (Å²) in [4.78, 5) is 27.8. The highest BCUT2D eigenvalue weighted by Crippen LogP contribution is 2.21. The van der Waals surface area contributed by atoms with Crippen LogP contribution in [0.15, 0.2) is 85.2 Å². The average molecular weight is 454 g/mol. The molecule has 0 unspecified atom stereocenters. The maximum Gasteiger partial charge on any atom is 0.274 e. The zero-order chi connectivity index (χ0) is 23.9. The van der Waals surface area contributed by atoms with Gasteiger partial charge in [0.2, 0.25) is 6.41 Å². The van der Waals surface area contributed by atoms with Crippen LogP contribution in [-0.2, 0) is 4.79 Å². The van der Waals surface area contributed by atoms with Gasteiger partial charge >= 0.3 is 0 Å². The van der Waals surface area contributed by atoms with E-state index in [-0.39, 0.29) is 11.6 Å². The molecule has 0 bridgehead atoms. The zero-order valence-electron chi connectivity index (χ0n) is 18.0. The van der Waals surface area contributed by atoms with Gasteiger partial charge in [-0.05, 0) is 48.5 Å². The molecule has 0 aliphatic carbocycles. The van der Waals surface area contributed by atoms with Gasteiger partial charge in [0.05, 0.1) is 22.8 Å². The summed E-state index contributed by atoms with van der Waals surface area (Å²) in [6, 6.07) is 21.0. The van der Waals surface area contributed by atoms with Crippen molar-refractivity contribution in [1.29, 1.82) is 0 Å². The first-order valence-electron chi connectivity index (χ1n) is 10.2. The summed E-state index contributed by atoms with van der Waals surface area (Å²) in [5.74, 6) is 5.82. The van der Waals surface area contributed by atoms with E-state index in [1.807, 2.05) is 0 Å². The Morgan fingerprint density at radius 3 is 2.59 bits per heavy atom. The third-order valence-corrected chi connectivity index (χ3v) is 4.86. The number of carbonyl (C=O) groups excluding carboxylic acids is 2. The molecule has 34 heavy (non-hydrogen) atoms. The SMILES string of the molecule is N/C(=C\N(N)c1cccc(NC(=O)c2cccc(-c3ccn[nH]3)n2)c1)c1cccc(NC=O)c1. The van der Waals surface area contributed by atoms with E-state index in [1.54, 1.807) is 85.2 Å². The Morgan fingerprint density at radius 1 is 1.00 bits per heavy atom. The van der Waals surface area contributed by atoms with E-state index in [9.17, 15) is 9.59 Å². The van der Waals surface area contributed by atoms with Crippen LogP contribution < -0.4 is 27.2 Å². The number of nitrogens with one attached hydrogen (secondary N) is 3. The molecule has 0 fully saturated rings. The molecule has 10 nitrogen and oxygen atoms in total. The molecule has 0 saturated heterocycles. The lowest BCUT2D eigenvalue weighted by Crippen LogP contribution is -2.26. The van der Waals surface area contributed by atoms with Crippen molar-refractivity contribution in [1.82, 2.24) is 15.2 Å². The number of carbonyl (C=O) groups is 2. The zero-order valence-corrected chi connectivity index (χ0v) is 18.0. The lowest BCUT2D eigenvalue weighted by Gasteiger charge is -2.17. The molecule has 2 aromatic carbocycles. The summed E-state index contributed by atoms with van der Waals surface area (Å²) in [5.41, 5.74) is 10.6. The van der Waals surface area contributed by atoms with E-state index < -0.39 is 0 Å². The average Bonchev–Trinajstić information content (AvgIpc) is 3.40. The van der Waals surface area contributed by atoms with Crippen molar-refractivity contribution in [2.75, 3.05) is 15.6 Å². The van der Waals surface area contributed by atoms with Gasteiger partial charge in [0.25, 0.3) is 5.91 Å². The van der Waals surface area contributed by atoms with Crippen molar-refractivity contribution in [3.63, 3.8) is 0 Å². The maximum absolute atomic E-state index is 12.8. The van der Waals surface area contributed by atoms with Gasteiger partial charge in [-0.25, -0.2) is 10.8 Å². The number of amides is 2. The lowest BCUT2D eigenvalue weighted by molar-refractivity contribution is -0.105. The first kappa shape index (κ1) is 22.2. The second kappa shape index (κ2) is 10.1. The molecule has 0 aliphatic rings. The Kier molecular flexibility index (Phi) is 6.61. The number of anilines is 3. The number of hydrogen-bond donors (Lipinski definition) is 5.